The Hall–Kier alpha value is -2.88. The second-order valence-electron chi connectivity index (χ2n) is 6.44. The van der Waals surface area contributed by atoms with Crippen molar-refractivity contribution in [3.8, 4) is 5.75 Å². The summed E-state index contributed by atoms with van der Waals surface area (Å²) in [6.07, 6.45) is -0.610. The summed E-state index contributed by atoms with van der Waals surface area (Å²) in [5.74, 6) is 0.343. The van der Waals surface area contributed by atoms with Gasteiger partial charge in [0.25, 0.3) is 5.91 Å². The summed E-state index contributed by atoms with van der Waals surface area (Å²) in [6.45, 7) is 4.19. The van der Waals surface area contributed by atoms with Gasteiger partial charge in [0.2, 0.25) is 0 Å². The molecule has 0 aromatic heterocycles. The topological polar surface area (TPSA) is 38.3 Å². The minimum absolute atomic E-state index is 0.0873. The molecule has 0 aliphatic rings. The molecular weight excluding hydrogens is 329 g/mol. The van der Waals surface area contributed by atoms with E-state index in [4.69, 9.17) is 4.74 Å². The lowest BCUT2D eigenvalue weighted by Crippen LogP contribution is -2.38. The van der Waals surface area contributed by atoms with Crippen LogP contribution in [-0.4, -0.2) is 18.6 Å². The summed E-state index contributed by atoms with van der Waals surface area (Å²) >= 11 is 0. The maximum absolute atomic E-state index is 13.0. The van der Waals surface area contributed by atoms with Gasteiger partial charge in [-0.3, -0.25) is 4.79 Å². The molecule has 3 rings (SSSR count). The van der Waals surface area contributed by atoms with Crippen molar-refractivity contribution in [2.45, 2.75) is 25.9 Å². The number of hydrogen-bond donors (Lipinski definition) is 1. The zero-order valence-electron chi connectivity index (χ0n) is 14.9. The predicted molar refractivity (Wildman–Crippen MR) is 102 cm³/mol. The van der Waals surface area contributed by atoms with Gasteiger partial charge in [-0.15, -0.1) is 0 Å². The van der Waals surface area contributed by atoms with E-state index in [-0.39, 0.29) is 17.6 Å². The molecule has 0 fully saturated rings. The Balaban J connectivity index is 1.60. The molecule has 0 saturated heterocycles. The molecule has 0 heterocycles. The highest BCUT2D eigenvalue weighted by Gasteiger charge is 2.17. The predicted octanol–water partition coefficient (Wildman–Crippen LogP) is 4.67. The molecule has 0 radical (unpaired) electrons. The third-order valence-electron chi connectivity index (χ3n) is 4.44. The largest absolute Gasteiger partial charge is 0.480 e. The molecule has 134 valence electrons. The first kappa shape index (κ1) is 17.9. The number of ether oxygens (including phenoxy) is 1. The number of benzene rings is 3. The van der Waals surface area contributed by atoms with Gasteiger partial charge in [-0.25, -0.2) is 4.39 Å². The van der Waals surface area contributed by atoms with Crippen LogP contribution in [0.2, 0.25) is 0 Å². The number of hydrogen-bond acceptors (Lipinski definition) is 2. The van der Waals surface area contributed by atoms with Crippen LogP contribution in [0.3, 0.4) is 0 Å². The first-order chi connectivity index (χ1) is 12.5. The molecule has 1 amide bonds. The van der Waals surface area contributed by atoms with Gasteiger partial charge in [0.05, 0.1) is 0 Å². The average Bonchev–Trinajstić information content (AvgIpc) is 2.66. The normalized spacial score (nSPS) is 13.2. The number of nitrogens with one attached hydrogen (secondary N) is 1. The number of rotatable bonds is 6. The van der Waals surface area contributed by atoms with Crippen LogP contribution in [0, 0.1) is 5.82 Å². The first-order valence-electron chi connectivity index (χ1n) is 8.72. The summed E-state index contributed by atoms with van der Waals surface area (Å²) in [5.41, 5.74) is 0.981. The Bertz CT molecular complexity index is 887. The molecular formula is C22H22FNO2. The monoisotopic (exact) mass is 351 g/mol. The molecule has 0 spiro atoms. The minimum Gasteiger partial charge on any atom is -0.480 e. The zero-order valence-corrected chi connectivity index (χ0v) is 14.9. The smallest absolute Gasteiger partial charge is 0.260 e. The minimum atomic E-state index is -0.610. The maximum atomic E-state index is 13.0. The number of carbonyl (C=O) groups is 1. The number of amides is 1. The third-order valence-corrected chi connectivity index (χ3v) is 4.44. The first-order valence-corrected chi connectivity index (χ1v) is 8.72. The maximum Gasteiger partial charge on any atom is 0.260 e. The fourth-order valence-corrected chi connectivity index (χ4v) is 2.85. The van der Waals surface area contributed by atoms with E-state index in [1.54, 1.807) is 19.1 Å². The third kappa shape index (κ3) is 4.20. The standard InChI is InChI=1S/C22H22FNO2/c1-15(17-10-12-19(23)13-11-17)14-24-22(25)16(2)26-21-9-5-7-18-6-3-4-8-20(18)21/h3-13,15-16H,14H2,1-2H3,(H,24,25). The summed E-state index contributed by atoms with van der Waals surface area (Å²) in [5, 5.41) is 4.96. The van der Waals surface area contributed by atoms with Crippen molar-refractivity contribution in [1.82, 2.24) is 5.32 Å². The second-order valence-corrected chi connectivity index (χ2v) is 6.44. The zero-order chi connectivity index (χ0) is 18.5. The molecule has 4 heteroatoms. The summed E-state index contributed by atoms with van der Waals surface area (Å²) in [6, 6.07) is 20.0. The molecule has 0 aliphatic heterocycles. The van der Waals surface area contributed by atoms with Crippen molar-refractivity contribution in [2.75, 3.05) is 6.54 Å². The van der Waals surface area contributed by atoms with E-state index >= 15 is 0 Å². The van der Waals surface area contributed by atoms with Crippen molar-refractivity contribution in [1.29, 1.82) is 0 Å². The summed E-state index contributed by atoms with van der Waals surface area (Å²) < 4.78 is 18.9. The van der Waals surface area contributed by atoms with Crippen LogP contribution >= 0.6 is 0 Å². The number of fused-ring (bicyclic) bond motifs is 1. The fourth-order valence-electron chi connectivity index (χ4n) is 2.85. The van der Waals surface area contributed by atoms with E-state index in [1.807, 2.05) is 49.4 Å². The Morgan fingerprint density at radius 3 is 2.46 bits per heavy atom. The van der Waals surface area contributed by atoms with Crippen LogP contribution in [-0.2, 0) is 4.79 Å². The Labute approximate surface area is 152 Å². The van der Waals surface area contributed by atoms with Crippen LogP contribution < -0.4 is 10.1 Å². The molecule has 3 nitrogen and oxygen atoms in total. The highest BCUT2D eigenvalue weighted by Crippen LogP contribution is 2.26. The fraction of sp³-hybridized carbons (Fsp3) is 0.227. The van der Waals surface area contributed by atoms with Gasteiger partial charge in [-0.1, -0.05) is 55.5 Å². The van der Waals surface area contributed by atoms with Crippen LogP contribution in [0.4, 0.5) is 4.39 Å². The van der Waals surface area contributed by atoms with Gasteiger partial charge in [-0.05, 0) is 42.0 Å². The van der Waals surface area contributed by atoms with Crippen molar-refractivity contribution >= 4 is 16.7 Å². The molecule has 2 unspecified atom stereocenters. The SMILES string of the molecule is CC(Oc1cccc2ccccc12)C(=O)NCC(C)c1ccc(F)cc1. The highest BCUT2D eigenvalue weighted by molar-refractivity contribution is 5.89. The summed E-state index contributed by atoms with van der Waals surface area (Å²) in [7, 11) is 0. The van der Waals surface area contributed by atoms with E-state index in [9.17, 15) is 9.18 Å². The quantitative estimate of drug-likeness (QED) is 0.701. The molecule has 1 N–H and O–H groups in total. The Kier molecular flexibility index (Phi) is 5.52. The van der Waals surface area contributed by atoms with Crippen LogP contribution in [0.5, 0.6) is 5.75 Å². The van der Waals surface area contributed by atoms with E-state index in [1.165, 1.54) is 12.1 Å². The second kappa shape index (κ2) is 8.00. The molecule has 2 atom stereocenters. The van der Waals surface area contributed by atoms with Gasteiger partial charge >= 0.3 is 0 Å². The van der Waals surface area contributed by atoms with E-state index in [0.29, 0.717) is 12.3 Å². The number of halogens is 1. The molecule has 26 heavy (non-hydrogen) atoms. The summed E-state index contributed by atoms with van der Waals surface area (Å²) in [4.78, 5) is 12.4. The van der Waals surface area contributed by atoms with Crippen molar-refractivity contribution in [3.63, 3.8) is 0 Å². The van der Waals surface area contributed by atoms with Gasteiger partial charge < -0.3 is 10.1 Å². The van der Waals surface area contributed by atoms with Crippen molar-refractivity contribution in [2.24, 2.45) is 0 Å². The molecule has 0 bridgehead atoms. The van der Waals surface area contributed by atoms with Crippen molar-refractivity contribution < 1.29 is 13.9 Å². The Morgan fingerprint density at radius 2 is 1.69 bits per heavy atom. The van der Waals surface area contributed by atoms with Crippen LogP contribution in [0.15, 0.2) is 66.7 Å². The van der Waals surface area contributed by atoms with Gasteiger partial charge in [0, 0.05) is 11.9 Å². The van der Waals surface area contributed by atoms with E-state index in [0.717, 1.165) is 16.3 Å². The van der Waals surface area contributed by atoms with Gasteiger partial charge in [0.15, 0.2) is 6.10 Å². The average molecular weight is 351 g/mol. The lowest BCUT2D eigenvalue weighted by molar-refractivity contribution is -0.127. The molecule has 3 aromatic carbocycles. The van der Waals surface area contributed by atoms with E-state index in [2.05, 4.69) is 5.32 Å². The lowest BCUT2D eigenvalue weighted by atomic mass is 10.0. The van der Waals surface area contributed by atoms with Gasteiger partial charge in [-0.2, -0.15) is 0 Å². The van der Waals surface area contributed by atoms with Crippen molar-refractivity contribution in [3.05, 3.63) is 78.1 Å². The van der Waals surface area contributed by atoms with Gasteiger partial charge in [0.1, 0.15) is 11.6 Å². The lowest BCUT2D eigenvalue weighted by Gasteiger charge is -2.18. The van der Waals surface area contributed by atoms with E-state index < -0.39 is 6.10 Å². The highest BCUT2D eigenvalue weighted by atomic mass is 19.1. The molecule has 0 saturated carbocycles. The van der Waals surface area contributed by atoms with Crippen LogP contribution in [0.1, 0.15) is 25.3 Å². The van der Waals surface area contributed by atoms with Crippen LogP contribution in [0.25, 0.3) is 10.8 Å². The number of carbonyl (C=O) groups excluding carboxylic acids is 1. The molecule has 3 aromatic rings. The Morgan fingerprint density at radius 1 is 1.00 bits per heavy atom. The molecule has 0 aliphatic carbocycles.